The summed E-state index contributed by atoms with van der Waals surface area (Å²) in [6.07, 6.45) is 3.58. The molecule has 0 saturated carbocycles. The molecule has 1 heterocycles. The van der Waals surface area contributed by atoms with Gasteiger partial charge in [-0.05, 0) is 12.0 Å². The monoisotopic (exact) mass is 165 g/mol. The topological polar surface area (TPSA) is 30.0 Å². The molecule has 1 rings (SSSR count). The van der Waals surface area contributed by atoms with E-state index in [1.165, 1.54) is 6.20 Å². The Balaban J connectivity index is 2.96. The van der Waals surface area contributed by atoms with Gasteiger partial charge in [0.05, 0.1) is 5.02 Å². The lowest BCUT2D eigenvalue weighted by Gasteiger charge is -1.88. The average Bonchev–Trinajstić information content (AvgIpc) is 2.01. The number of pyridine rings is 1. The van der Waals surface area contributed by atoms with E-state index in [1.54, 1.807) is 12.3 Å². The van der Waals surface area contributed by atoms with Crippen LogP contribution in [-0.4, -0.2) is 11.3 Å². The molecule has 0 aromatic carbocycles. The molecule has 0 fully saturated rings. The van der Waals surface area contributed by atoms with Crippen LogP contribution in [0.1, 0.15) is 5.56 Å². The molecule has 0 N–H and O–H groups in total. The lowest BCUT2D eigenvalue weighted by atomic mass is 10.3. The SMILES string of the molecule is O=CC#Cc1cncc(Cl)c1. The minimum Gasteiger partial charge on any atom is -0.289 e. The summed E-state index contributed by atoms with van der Waals surface area (Å²) in [5.74, 6) is 4.83. The van der Waals surface area contributed by atoms with Crippen LogP contribution in [0.3, 0.4) is 0 Å². The van der Waals surface area contributed by atoms with Crippen LogP contribution in [0.2, 0.25) is 5.02 Å². The first-order chi connectivity index (χ1) is 5.33. The summed E-state index contributed by atoms with van der Waals surface area (Å²) in [6, 6.07) is 1.64. The predicted octanol–water partition coefficient (Wildman–Crippen LogP) is 1.29. The van der Waals surface area contributed by atoms with Crippen LogP contribution in [0.25, 0.3) is 0 Å². The van der Waals surface area contributed by atoms with E-state index in [0.29, 0.717) is 16.9 Å². The van der Waals surface area contributed by atoms with Crippen molar-refractivity contribution in [2.45, 2.75) is 0 Å². The fourth-order valence-electron chi connectivity index (χ4n) is 0.593. The van der Waals surface area contributed by atoms with Crippen molar-refractivity contribution >= 4 is 17.9 Å². The minimum absolute atomic E-state index is 0.516. The minimum atomic E-state index is 0.516. The van der Waals surface area contributed by atoms with Crippen molar-refractivity contribution in [1.29, 1.82) is 0 Å². The maximum absolute atomic E-state index is 9.84. The third-order valence-corrected chi connectivity index (χ3v) is 1.19. The molecule has 0 saturated heterocycles. The number of nitrogens with zero attached hydrogens (tertiary/aromatic N) is 1. The first-order valence-corrected chi connectivity index (χ1v) is 3.26. The van der Waals surface area contributed by atoms with Gasteiger partial charge >= 0.3 is 0 Å². The van der Waals surface area contributed by atoms with Gasteiger partial charge in [-0.25, -0.2) is 0 Å². The second-order valence-corrected chi connectivity index (χ2v) is 2.22. The maximum atomic E-state index is 9.84. The van der Waals surface area contributed by atoms with E-state index >= 15 is 0 Å². The molecule has 11 heavy (non-hydrogen) atoms. The second kappa shape index (κ2) is 3.75. The van der Waals surface area contributed by atoms with Gasteiger partial charge in [0.2, 0.25) is 0 Å². The molecule has 1 aromatic rings. The Morgan fingerprint density at radius 3 is 3.00 bits per heavy atom. The quantitative estimate of drug-likeness (QED) is 0.428. The Morgan fingerprint density at radius 1 is 1.55 bits per heavy atom. The molecule has 0 bridgehead atoms. The van der Waals surface area contributed by atoms with Crippen LogP contribution < -0.4 is 0 Å². The number of aromatic nitrogens is 1. The van der Waals surface area contributed by atoms with Gasteiger partial charge in [-0.1, -0.05) is 17.5 Å². The van der Waals surface area contributed by atoms with Crippen LogP contribution in [0.15, 0.2) is 18.5 Å². The van der Waals surface area contributed by atoms with Crippen LogP contribution >= 0.6 is 11.6 Å². The first kappa shape index (κ1) is 7.77. The summed E-state index contributed by atoms with van der Waals surface area (Å²) >= 11 is 5.61. The summed E-state index contributed by atoms with van der Waals surface area (Å²) < 4.78 is 0. The fraction of sp³-hybridized carbons (Fsp3) is 0. The Labute approximate surface area is 69.2 Å². The molecule has 3 heteroatoms. The molecular weight excluding hydrogens is 162 g/mol. The molecule has 0 unspecified atom stereocenters. The van der Waals surface area contributed by atoms with Crippen LogP contribution in [-0.2, 0) is 4.79 Å². The van der Waals surface area contributed by atoms with Crippen LogP contribution in [0.5, 0.6) is 0 Å². The van der Waals surface area contributed by atoms with Gasteiger partial charge in [0, 0.05) is 18.0 Å². The number of carbonyl (C=O) groups is 1. The Kier molecular flexibility index (Phi) is 2.65. The Hall–Kier alpha value is -1.33. The van der Waals surface area contributed by atoms with Crippen molar-refractivity contribution in [3.63, 3.8) is 0 Å². The third-order valence-electron chi connectivity index (χ3n) is 0.980. The molecular formula is C8H4ClNO. The van der Waals surface area contributed by atoms with Gasteiger partial charge in [0.1, 0.15) is 0 Å². The van der Waals surface area contributed by atoms with Crippen molar-refractivity contribution in [3.05, 3.63) is 29.0 Å². The molecule has 0 spiro atoms. The zero-order valence-electron chi connectivity index (χ0n) is 5.54. The molecule has 0 aliphatic heterocycles. The molecule has 0 amide bonds. The van der Waals surface area contributed by atoms with Crippen molar-refractivity contribution in [2.24, 2.45) is 0 Å². The molecule has 0 aliphatic rings. The van der Waals surface area contributed by atoms with Gasteiger partial charge < -0.3 is 0 Å². The highest BCUT2D eigenvalue weighted by molar-refractivity contribution is 6.30. The summed E-state index contributed by atoms with van der Waals surface area (Å²) in [5.41, 5.74) is 0.643. The number of rotatable bonds is 0. The van der Waals surface area contributed by atoms with Gasteiger partial charge in [-0.15, -0.1) is 0 Å². The molecule has 0 radical (unpaired) electrons. The lowest BCUT2D eigenvalue weighted by molar-refractivity contribution is -0.103. The summed E-state index contributed by atoms with van der Waals surface area (Å²) in [6.45, 7) is 0. The largest absolute Gasteiger partial charge is 0.289 e. The van der Waals surface area contributed by atoms with Crippen LogP contribution in [0, 0.1) is 11.8 Å². The van der Waals surface area contributed by atoms with Crippen molar-refractivity contribution in [1.82, 2.24) is 4.98 Å². The normalized spacial score (nSPS) is 8.09. The van der Waals surface area contributed by atoms with E-state index in [-0.39, 0.29) is 0 Å². The highest BCUT2D eigenvalue weighted by atomic mass is 35.5. The second-order valence-electron chi connectivity index (χ2n) is 1.78. The first-order valence-electron chi connectivity index (χ1n) is 2.88. The van der Waals surface area contributed by atoms with Gasteiger partial charge in [-0.2, -0.15) is 0 Å². The van der Waals surface area contributed by atoms with Crippen molar-refractivity contribution in [2.75, 3.05) is 0 Å². The smallest absolute Gasteiger partial charge is 0.193 e. The molecule has 54 valence electrons. The molecule has 1 aromatic heterocycles. The van der Waals surface area contributed by atoms with E-state index in [2.05, 4.69) is 16.8 Å². The van der Waals surface area contributed by atoms with Crippen LogP contribution in [0.4, 0.5) is 0 Å². The van der Waals surface area contributed by atoms with Gasteiger partial charge in [0.15, 0.2) is 6.29 Å². The van der Waals surface area contributed by atoms with E-state index in [9.17, 15) is 4.79 Å². The highest BCUT2D eigenvalue weighted by Crippen LogP contribution is 2.06. The summed E-state index contributed by atoms with van der Waals surface area (Å²) in [7, 11) is 0. The number of halogens is 1. The van der Waals surface area contributed by atoms with Gasteiger partial charge in [0.25, 0.3) is 0 Å². The van der Waals surface area contributed by atoms with E-state index < -0.39 is 0 Å². The molecule has 0 aliphatic carbocycles. The zero-order chi connectivity index (χ0) is 8.10. The predicted molar refractivity (Wildman–Crippen MR) is 42.2 cm³/mol. The lowest BCUT2D eigenvalue weighted by Crippen LogP contribution is -1.77. The number of aldehydes is 1. The Bertz CT molecular complexity index is 324. The fourth-order valence-corrected chi connectivity index (χ4v) is 0.767. The average molecular weight is 166 g/mol. The highest BCUT2D eigenvalue weighted by Gasteiger charge is 1.88. The number of carbonyl (C=O) groups excluding carboxylic acids is 1. The number of hydrogen-bond donors (Lipinski definition) is 0. The standard InChI is InChI=1S/C8H4ClNO/c9-8-4-7(2-1-3-11)5-10-6-8/h3-6H. The molecule has 2 nitrogen and oxygen atoms in total. The molecule has 0 atom stereocenters. The van der Waals surface area contributed by atoms with Crippen molar-refractivity contribution < 1.29 is 4.79 Å². The number of hydrogen-bond acceptors (Lipinski definition) is 2. The summed E-state index contributed by atoms with van der Waals surface area (Å²) in [4.78, 5) is 13.6. The van der Waals surface area contributed by atoms with Gasteiger partial charge in [-0.3, -0.25) is 9.78 Å². The van der Waals surface area contributed by atoms with E-state index in [1.807, 2.05) is 0 Å². The van der Waals surface area contributed by atoms with E-state index in [4.69, 9.17) is 11.6 Å². The summed E-state index contributed by atoms with van der Waals surface area (Å²) in [5, 5.41) is 0.516. The van der Waals surface area contributed by atoms with Crippen molar-refractivity contribution in [3.8, 4) is 11.8 Å². The third kappa shape index (κ3) is 2.40. The zero-order valence-corrected chi connectivity index (χ0v) is 6.30. The Morgan fingerprint density at radius 2 is 2.36 bits per heavy atom. The maximum Gasteiger partial charge on any atom is 0.193 e. The van der Waals surface area contributed by atoms with E-state index in [0.717, 1.165) is 0 Å².